The van der Waals surface area contributed by atoms with E-state index in [2.05, 4.69) is 5.32 Å². The summed E-state index contributed by atoms with van der Waals surface area (Å²) in [5.41, 5.74) is -0.205. The summed E-state index contributed by atoms with van der Waals surface area (Å²) in [4.78, 5) is 42.8. The van der Waals surface area contributed by atoms with Crippen LogP contribution >= 0.6 is 0 Å². The van der Waals surface area contributed by atoms with Gasteiger partial charge in [0.05, 0.1) is 11.3 Å². The number of carbonyl (C=O) groups excluding carboxylic acids is 3. The molecule has 30 heavy (non-hydrogen) atoms. The summed E-state index contributed by atoms with van der Waals surface area (Å²) < 4.78 is 14.0. The smallest absolute Gasteiger partial charge is 0.267 e. The van der Waals surface area contributed by atoms with E-state index in [1.165, 1.54) is 15.9 Å². The van der Waals surface area contributed by atoms with Crippen LogP contribution < -0.4 is 10.2 Å². The highest BCUT2D eigenvalue weighted by Crippen LogP contribution is 2.44. The Morgan fingerprint density at radius 3 is 2.63 bits per heavy atom. The van der Waals surface area contributed by atoms with Gasteiger partial charge in [-0.1, -0.05) is 43.7 Å². The van der Waals surface area contributed by atoms with Gasteiger partial charge in [-0.2, -0.15) is 0 Å². The average molecular weight is 409 g/mol. The molecule has 0 unspecified atom stereocenters. The number of unbranched alkanes of at least 4 members (excludes halogenated alkanes) is 1. The van der Waals surface area contributed by atoms with Crippen molar-refractivity contribution < 1.29 is 18.8 Å². The number of fused-ring (bicyclic) bond motifs is 3. The van der Waals surface area contributed by atoms with Crippen LogP contribution in [0.4, 0.5) is 10.1 Å². The van der Waals surface area contributed by atoms with Crippen molar-refractivity contribution in [3.8, 4) is 0 Å². The quantitative estimate of drug-likeness (QED) is 0.797. The van der Waals surface area contributed by atoms with Crippen molar-refractivity contribution in [3.63, 3.8) is 0 Å². The maximum atomic E-state index is 14.0. The predicted molar refractivity (Wildman–Crippen MR) is 110 cm³/mol. The minimum Gasteiger partial charge on any atom is -0.348 e. The Morgan fingerprint density at radius 2 is 1.87 bits per heavy atom. The second-order valence-electron chi connectivity index (χ2n) is 7.65. The van der Waals surface area contributed by atoms with Crippen molar-refractivity contribution in [1.82, 2.24) is 10.2 Å². The van der Waals surface area contributed by atoms with Crippen LogP contribution in [0.1, 0.15) is 48.5 Å². The minimum absolute atomic E-state index is 0.0211. The van der Waals surface area contributed by atoms with Gasteiger partial charge in [0.25, 0.3) is 11.8 Å². The molecule has 0 spiro atoms. The zero-order valence-corrected chi connectivity index (χ0v) is 16.9. The summed E-state index contributed by atoms with van der Waals surface area (Å²) in [6, 6.07) is 13.1. The fourth-order valence-corrected chi connectivity index (χ4v) is 4.36. The van der Waals surface area contributed by atoms with E-state index in [0.29, 0.717) is 29.8 Å². The molecule has 0 saturated carbocycles. The van der Waals surface area contributed by atoms with E-state index in [9.17, 15) is 18.8 Å². The van der Waals surface area contributed by atoms with Crippen LogP contribution in [0.2, 0.25) is 0 Å². The highest BCUT2D eigenvalue weighted by molar-refractivity contribution is 6.16. The normalized spacial score (nSPS) is 20.2. The molecule has 0 aromatic heterocycles. The number of hydrogen-bond acceptors (Lipinski definition) is 3. The number of halogens is 1. The third-order valence-corrected chi connectivity index (χ3v) is 5.87. The van der Waals surface area contributed by atoms with Gasteiger partial charge in [-0.05, 0) is 24.6 Å². The highest BCUT2D eigenvalue weighted by atomic mass is 19.1. The van der Waals surface area contributed by atoms with Crippen LogP contribution in [0.15, 0.2) is 48.5 Å². The third-order valence-electron chi connectivity index (χ3n) is 5.87. The molecule has 2 heterocycles. The van der Waals surface area contributed by atoms with Crippen molar-refractivity contribution in [3.05, 3.63) is 65.5 Å². The number of carbonyl (C=O) groups is 3. The molecule has 2 aliphatic heterocycles. The second-order valence-corrected chi connectivity index (χ2v) is 7.65. The highest BCUT2D eigenvalue weighted by Gasteiger charge is 2.60. The van der Waals surface area contributed by atoms with Gasteiger partial charge in [-0.3, -0.25) is 19.3 Å². The molecule has 3 amide bonds. The largest absolute Gasteiger partial charge is 0.348 e. The number of anilines is 1. The van der Waals surface area contributed by atoms with Gasteiger partial charge >= 0.3 is 0 Å². The van der Waals surface area contributed by atoms with Gasteiger partial charge in [-0.25, -0.2) is 4.39 Å². The molecule has 2 aromatic carbocycles. The second kappa shape index (κ2) is 7.89. The number of hydrogen-bond donors (Lipinski definition) is 1. The molecular weight excluding hydrogens is 385 g/mol. The number of benzene rings is 2. The summed E-state index contributed by atoms with van der Waals surface area (Å²) in [6.45, 7) is 2.35. The van der Waals surface area contributed by atoms with Gasteiger partial charge in [0.15, 0.2) is 0 Å². The lowest BCUT2D eigenvalue weighted by Crippen LogP contribution is -2.70. The summed E-state index contributed by atoms with van der Waals surface area (Å²) in [6.07, 6.45) is 1.92. The van der Waals surface area contributed by atoms with Crippen LogP contribution in [0, 0.1) is 5.82 Å². The molecule has 6 nitrogen and oxygen atoms in total. The average Bonchev–Trinajstić information content (AvgIpc) is 3.11. The van der Waals surface area contributed by atoms with E-state index in [1.807, 2.05) is 6.92 Å². The number of para-hydroxylation sites is 1. The maximum absolute atomic E-state index is 14.0. The third kappa shape index (κ3) is 3.05. The molecule has 2 aromatic rings. The van der Waals surface area contributed by atoms with E-state index in [1.54, 1.807) is 42.5 Å². The Morgan fingerprint density at radius 1 is 1.13 bits per heavy atom. The molecule has 1 atom stereocenters. The molecule has 2 aliphatic rings. The van der Waals surface area contributed by atoms with Gasteiger partial charge in [-0.15, -0.1) is 0 Å². The maximum Gasteiger partial charge on any atom is 0.267 e. The minimum atomic E-state index is -1.43. The number of nitrogens with one attached hydrogen (secondary N) is 1. The van der Waals surface area contributed by atoms with Crippen molar-refractivity contribution in [2.45, 2.75) is 44.8 Å². The fraction of sp³-hybridized carbons (Fsp3) is 0.348. The van der Waals surface area contributed by atoms with Crippen LogP contribution in [-0.2, 0) is 16.1 Å². The molecule has 0 bridgehead atoms. The monoisotopic (exact) mass is 409 g/mol. The van der Waals surface area contributed by atoms with Crippen molar-refractivity contribution in [2.75, 3.05) is 11.4 Å². The molecule has 1 fully saturated rings. The van der Waals surface area contributed by atoms with Crippen LogP contribution in [0.25, 0.3) is 0 Å². The van der Waals surface area contributed by atoms with Crippen molar-refractivity contribution in [1.29, 1.82) is 0 Å². The molecule has 7 heteroatoms. The molecule has 0 aliphatic carbocycles. The first-order valence-corrected chi connectivity index (χ1v) is 10.3. The van der Waals surface area contributed by atoms with E-state index in [0.717, 1.165) is 6.42 Å². The number of rotatable bonds is 6. The van der Waals surface area contributed by atoms with Gasteiger partial charge < -0.3 is 10.2 Å². The Labute approximate surface area is 174 Å². The standard InChI is InChI=1S/C23H24FN3O3/c1-2-3-14-26-21(29)17-9-5-7-11-19(17)27-20(28)12-13-23(26,27)22(30)25-15-16-8-4-6-10-18(16)24/h4-11H,2-3,12-15H2,1H3,(H,25,30)/t23-/m0/s1. The molecule has 0 radical (unpaired) electrons. The van der Waals surface area contributed by atoms with Crippen molar-refractivity contribution in [2.24, 2.45) is 0 Å². The molecular formula is C23H24FN3O3. The first-order valence-electron chi connectivity index (χ1n) is 10.3. The van der Waals surface area contributed by atoms with E-state index in [-0.39, 0.29) is 31.2 Å². The van der Waals surface area contributed by atoms with Crippen LogP contribution in [-0.4, -0.2) is 34.8 Å². The Bertz CT molecular complexity index is 1010. The molecule has 1 N–H and O–H groups in total. The van der Waals surface area contributed by atoms with Crippen molar-refractivity contribution >= 4 is 23.4 Å². The Kier molecular flexibility index (Phi) is 5.28. The Balaban J connectivity index is 1.74. The molecule has 1 saturated heterocycles. The SMILES string of the molecule is CCCCN1C(=O)c2ccccc2N2C(=O)CC[C@]12C(=O)NCc1ccccc1F. The van der Waals surface area contributed by atoms with Gasteiger partial charge in [0.2, 0.25) is 11.6 Å². The van der Waals surface area contributed by atoms with Gasteiger partial charge in [0, 0.05) is 31.5 Å². The molecule has 4 rings (SSSR count). The first-order chi connectivity index (χ1) is 14.5. The number of nitrogens with zero attached hydrogens (tertiary/aromatic N) is 2. The van der Waals surface area contributed by atoms with E-state index < -0.39 is 17.4 Å². The van der Waals surface area contributed by atoms with E-state index in [4.69, 9.17) is 0 Å². The summed E-state index contributed by atoms with van der Waals surface area (Å²) in [5.74, 6) is -1.33. The summed E-state index contributed by atoms with van der Waals surface area (Å²) in [7, 11) is 0. The van der Waals surface area contributed by atoms with Gasteiger partial charge in [0.1, 0.15) is 5.82 Å². The first kappa shape index (κ1) is 20.1. The topological polar surface area (TPSA) is 69.7 Å². The number of amides is 3. The summed E-state index contributed by atoms with van der Waals surface area (Å²) in [5, 5.41) is 2.78. The van der Waals surface area contributed by atoms with Crippen LogP contribution in [0.3, 0.4) is 0 Å². The Hall–Kier alpha value is -3.22. The predicted octanol–water partition coefficient (Wildman–Crippen LogP) is 3.22. The zero-order chi connectivity index (χ0) is 21.3. The summed E-state index contributed by atoms with van der Waals surface area (Å²) >= 11 is 0. The fourth-order valence-electron chi connectivity index (χ4n) is 4.36. The zero-order valence-electron chi connectivity index (χ0n) is 16.9. The lowest BCUT2D eigenvalue weighted by Gasteiger charge is -2.49. The lowest BCUT2D eigenvalue weighted by molar-refractivity contribution is -0.133. The van der Waals surface area contributed by atoms with Crippen LogP contribution in [0.5, 0.6) is 0 Å². The lowest BCUT2D eigenvalue weighted by atomic mass is 9.95. The van der Waals surface area contributed by atoms with E-state index >= 15 is 0 Å². The molecule has 156 valence electrons.